The van der Waals surface area contributed by atoms with Crippen molar-refractivity contribution in [3.05, 3.63) is 33.3 Å². The molecule has 11 heteroatoms. The smallest absolute Gasteiger partial charge is 0.421 e. The van der Waals surface area contributed by atoms with E-state index >= 15 is 0 Å². The normalized spacial score (nSPS) is 19.1. The molecule has 9 nitrogen and oxygen atoms in total. The van der Waals surface area contributed by atoms with Gasteiger partial charge >= 0.3 is 12.1 Å². The van der Waals surface area contributed by atoms with Gasteiger partial charge in [0.2, 0.25) is 0 Å². The summed E-state index contributed by atoms with van der Waals surface area (Å²) in [6.45, 7) is 7.17. The van der Waals surface area contributed by atoms with Crippen LogP contribution in [0.25, 0.3) is 0 Å². The molecule has 1 aromatic rings. The van der Waals surface area contributed by atoms with E-state index in [1.54, 1.807) is 0 Å². The molecule has 1 heterocycles. The summed E-state index contributed by atoms with van der Waals surface area (Å²) in [7, 11) is 0. The number of hydrogen-bond acceptors (Lipinski definition) is 8. The molecule has 1 aromatic carbocycles. The van der Waals surface area contributed by atoms with Crippen LogP contribution in [0.2, 0.25) is 10.0 Å². The minimum absolute atomic E-state index is 0.0437. The van der Waals surface area contributed by atoms with E-state index in [2.05, 4.69) is 6.92 Å². The predicted octanol–water partition coefficient (Wildman–Crippen LogP) is 8.16. The highest BCUT2D eigenvalue weighted by Gasteiger charge is 2.62. The third kappa shape index (κ3) is 7.91. The van der Waals surface area contributed by atoms with Gasteiger partial charge in [0.05, 0.1) is 17.2 Å². The minimum Gasteiger partial charge on any atom is -0.462 e. The number of ether oxygens (including phenoxy) is 3. The summed E-state index contributed by atoms with van der Waals surface area (Å²) in [4.78, 5) is 38.9. The Labute approximate surface area is 265 Å². The fourth-order valence-corrected chi connectivity index (χ4v) is 6.39. The second-order valence-corrected chi connectivity index (χ2v) is 13.0. The SMILES string of the molecule is CCCCCCCCCCCCOC(=O)c1cc(C(C=N)(OC(O)N2C(=O)OC(C)(C)C2=O)C2(CC)CC2)c(Cl)cc1Cl. The van der Waals surface area contributed by atoms with Crippen LogP contribution in [0.5, 0.6) is 0 Å². The molecule has 2 atom stereocenters. The number of esters is 1. The number of imide groups is 1. The number of unbranched alkanes of at least 4 members (excludes halogenated alkanes) is 9. The van der Waals surface area contributed by atoms with E-state index in [0.717, 1.165) is 25.5 Å². The molecule has 2 amide bonds. The Morgan fingerprint density at radius 1 is 1.05 bits per heavy atom. The molecule has 2 unspecified atom stereocenters. The maximum Gasteiger partial charge on any atom is 0.421 e. The molecule has 0 spiro atoms. The second-order valence-electron chi connectivity index (χ2n) is 12.1. The Bertz CT molecular complexity index is 1170. The summed E-state index contributed by atoms with van der Waals surface area (Å²) in [5.74, 6) is -1.43. The zero-order valence-electron chi connectivity index (χ0n) is 25.8. The van der Waals surface area contributed by atoms with E-state index in [9.17, 15) is 19.5 Å². The number of cyclic esters (lactones) is 1. The van der Waals surface area contributed by atoms with Gasteiger partial charge < -0.3 is 24.7 Å². The molecule has 1 saturated heterocycles. The van der Waals surface area contributed by atoms with Crippen molar-refractivity contribution in [2.45, 2.75) is 129 Å². The highest BCUT2D eigenvalue weighted by Crippen LogP contribution is 2.63. The van der Waals surface area contributed by atoms with Crippen molar-refractivity contribution in [1.82, 2.24) is 4.90 Å². The molecule has 2 fully saturated rings. The van der Waals surface area contributed by atoms with Crippen molar-refractivity contribution in [3.8, 4) is 0 Å². The lowest BCUT2D eigenvalue weighted by molar-refractivity contribution is -0.235. The van der Waals surface area contributed by atoms with Crippen LogP contribution in [0.4, 0.5) is 4.79 Å². The number of carbonyl (C=O) groups excluding carboxylic acids is 3. The molecule has 1 saturated carbocycles. The molecule has 0 aromatic heterocycles. The molecule has 0 bridgehead atoms. The van der Waals surface area contributed by atoms with Crippen LogP contribution in [0.3, 0.4) is 0 Å². The maximum absolute atomic E-state index is 13.1. The van der Waals surface area contributed by atoms with Gasteiger partial charge in [-0.3, -0.25) is 4.79 Å². The number of aliphatic hydroxyl groups is 1. The van der Waals surface area contributed by atoms with E-state index in [0.29, 0.717) is 24.2 Å². The Hall–Kier alpha value is -2.20. The van der Waals surface area contributed by atoms with Crippen LogP contribution in [0, 0.1) is 10.8 Å². The molecule has 3 rings (SSSR count). The first kappa shape index (κ1) is 35.3. The average molecular weight is 642 g/mol. The quantitative estimate of drug-likeness (QED) is 0.0676. The minimum atomic E-state index is -2.08. The van der Waals surface area contributed by atoms with Crippen molar-refractivity contribution in [2.75, 3.05) is 6.61 Å². The summed E-state index contributed by atoms with van der Waals surface area (Å²) >= 11 is 13.1. The third-order valence-electron chi connectivity index (χ3n) is 8.71. The molecule has 2 aliphatic rings. The van der Waals surface area contributed by atoms with Gasteiger partial charge in [0.1, 0.15) is 5.60 Å². The van der Waals surface area contributed by atoms with E-state index in [1.807, 2.05) is 6.92 Å². The topological polar surface area (TPSA) is 126 Å². The van der Waals surface area contributed by atoms with Crippen molar-refractivity contribution in [1.29, 1.82) is 5.41 Å². The molecule has 1 aliphatic carbocycles. The van der Waals surface area contributed by atoms with Crippen LogP contribution in [-0.2, 0) is 24.6 Å². The van der Waals surface area contributed by atoms with E-state index in [4.69, 9.17) is 42.8 Å². The molecular formula is C32H46Cl2N2O7. The van der Waals surface area contributed by atoms with Gasteiger partial charge in [0.15, 0.2) is 5.60 Å². The first-order valence-electron chi connectivity index (χ1n) is 15.5. The van der Waals surface area contributed by atoms with Gasteiger partial charge in [0, 0.05) is 22.2 Å². The van der Waals surface area contributed by atoms with Gasteiger partial charge in [0.25, 0.3) is 12.3 Å². The van der Waals surface area contributed by atoms with E-state index in [-0.39, 0.29) is 27.8 Å². The summed E-state index contributed by atoms with van der Waals surface area (Å²) in [6, 6.07) is 2.81. The Balaban J connectivity index is 1.73. The Kier molecular flexibility index (Phi) is 12.5. The number of hydrogen-bond donors (Lipinski definition) is 2. The lowest BCUT2D eigenvalue weighted by Crippen LogP contribution is -2.51. The van der Waals surface area contributed by atoms with Gasteiger partial charge in [-0.25, -0.2) is 9.59 Å². The second kappa shape index (κ2) is 15.2. The highest BCUT2D eigenvalue weighted by atomic mass is 35.5. The third-order valence-corrected chi connectivity index (χ3v) is 9.34. The molecule has 240 valence electrons. The first-order valence-corrected chi connectivity index (χ1v) is 16.3. The summed E-state index contributed by atoms with van der Waals surface area (Å²) in [6.07, 6.45) is 11.2. The van der Waals surface area contributed by atoms with Crippen LogP contribution in [-0.4, -0.2) is 52.8 Å². The number of nitrogens with one attached hydrogen (secondary N) is 1. The monoisotopic (exact) mass is 640 g/mol. The van der Waals surface area contributed by atoms with Crippen LogP contribution >= 0.6 is 23.2 Å². The van der Waals surface area contributed by atoms with Crippen molar-refractivity contribution in [3.63, 3.8) is 0 Å². The summed E-state index contributed by atoms with van der Waals surface area (Å²) in [5.41, 5.74) is -3.62. The standard InChI is InChI=1S/C32H46Cl2N2O7/c1-5-7-8-9-10-11-12-13-14-15-18-41-26(37)22-19-23(25(34)20-24(22)33)32(21-35,31(6-2)16-17-31)43-29(40)36-27(38)30(3,4)42-28(36)39/h19-21,29,35,40H,5-18H2,1-4H3. The number of carbonyl (C=O) groups is 3. The van der Waals surface area contributed by atoms with E-state index < -0.39 is 41.0 Å². The molecule has 2 N–H and O–H groups in total. The van der Waals surface area contributed by atoms with Crippen LogP contribution in [0.1, 0.15) is 127 Å². The predicted molar refractivity (Wildman–Crippen MR) is 166 cm³/mol. The number of nitrogens with zero attached hydrogens (tertiary/aromatic N) is 1. The maximum atomic E-state index is 13.1. The van der Waals surface area contributed by atoms with E-state index in [1.165, 1.54) is 70.9 Å². The molecular weight excluding hydrogens is 595 g/mol. The number of benzene rings is 1. The summed E-state index contributed by atoms with van der Waals surface area (Å²) < 4.78 is 16.7. The van der Waals surface area contributed by atoms with Crippen LogP contribution < -0.4 is 0 Å². The van der Waals surface area contributed by atoms with Gasteiger partial charge in [-0.05, 0) is 51.7 Å². The fraction of sp³-hybridized carbons (Fsp3) is 0.688. The molecule has 43 heavy (non-hydrogen) atoms. The lowest BCUT2D eigenvalue weighted by atomic mass is 9.76. The molecule has 0 radical (unpaired) electrons. The molecule has 1 aliphatic heterocycles. The average Bonchev–Trinajstić information content (AvgIpc) is 3.72. The highest BCUT2D eigenvalue weighted by molar-refractivity contribution is 6.37. The Morgan fingerprint density at radius 3 is 2.12 bits per heavy atom. The van der Waals surface area contributed by atoms with Gasteiger partial charge in [-0.1, -0.05) is 94.8 Å². The van der Waals surface area contributed by atoms with Gasteiger partial charge in [-0.2, -0.15) is 4.90 Å². The van der Waals surface area contributed by atoms with Crippen molar-refractivity contribution >= 4 is 47.4 Å². The summed E-state index contributed by atoms with van der Waals surface area (Å²) in [5, 5.41) is 19.7. The zero-order chi connectivity index (χ0) is 31.8. The largest absolute Gasteiger partial charge is 0.462 e. The zero-order valence-corrected chi connectivity index (χ0v) is 27.3. The number of amides is 2. The number of halogens is 2. The number of aliphatic hydroxyl groups excluding tert-OH is 1. The lowest BCUT2D eigenvalue weighted by Gasteiger charge is -2.41. The van der Waals surface area contributed by atoms with Crippen molar-refractivity contribution in [2.24, 2.45) is 5.41 Å². The van der Waals surface area contributed by atoms with Crippen molar-refractivity contribution < 1.29 is 33.7 Å². The fourth-order valence-electron chi connectivity index (χ4n) is 5.79. The first-order chi connectivity index (χ1) is 20.4. The number of rotatable bonds is 19. The van der Waals surface area contributed by atoms with Crippen LogP contribution in [0.15, 0.2) is 12.1 Å². The Morgan fingerprint density at radius 2 is 1.63 bits per heavy atom. The van der Waals surface area contributed by atoms with Gasteiger partial charge in [-0.15, -0.1) is 0 Å².